The summed E-state index contributed by atoms with van der Waals surface area (Å²) in [6, 6.07) is 12.1. The van der Waals surface area contributed by atoms with Gasteiger partial charge in [0, 0.05) is 18.7 Å². The lowest BCUT2D eigenvalue weighted by Crippen LogP contribution is -2.32. The van der Waals surface area contributed by atoms with Crippen LogP contribution in [0.5, 0.6) is 0 Å². The molecule has 1 saturated heterocycles. The maximum atomic E-state index is 5.89. The highest BCUT2D eigenvalue weighted by Crippen LogP contribution is 2.34. The van der Waals surface area contributed by atoms with Gasteiger partial charge in [0.2, 0.25) is 0 Å². The maximum Gasteiger partial charge on any atom is 0.263 e. The molecule has 0 spiro atoms. The summed E-state index contributed by atoms with van der Waals surface area (Å²) in [6.07, 6.45) is 5.49. The Morgan fingerprint density at radius 3 is 2.79 bits per heavy atom. The zero-order chi connectivity index (χ0) is 19.6. The first-order valence-electron chi connectivity index (χ1n) is 9.84. The van der Waals surface area contributed by atoms with Gasteiger partial charge in [0.05, 0.1) is 18.9 Å². The molecule has 0 radical (unpaired) electrons. The summed E-state index contributed by atoms with van der Waals surface area (Å²) in [4.78, 5) is 11.1. The number of ether oxygens (including phenoxy) is 1. The Labute approximate surface area is 168 Å². The second-order valence-electron chi connectivity index (χ2n) is 7.37. The summed E-state index contributed by atoms with van der Waals surface area (Å²) in [6.45, 7) is 4.16. The van der Waals surface area contributed by atoms with Crippen molar-refractivity contribution in [2.24, 2.45) is 0 Å². The van der Waals surface area contributed by atoms with Crippen LogP contribution in [0.2, 0.25) is 0 Å². The van der Waals surface area contributed by atoms with Gasteiger partial charge in [-0.15, -0.1) is 0 Å². The topological polar surface area (TPSA) is 77.4 Å². The average molecular weight is 390 g/mol. The molecule has 4 aromatic rings. The molecule has 1 aliphatic heterocycles. The second-order valence-corrected chi connectivity index (χ2v) is 7.37. The average Bonchev–Trinajstić information content (AvgIpc) is 3.50. The summed E-state index contributed by atoms with van der Waals surface area (Å²) in [7, 11) is 0. The van der Waals surface area contributed by atoms with Gasteiger partial charge >= 0.3 is 0 Å². The van der Waals surface area contributed by atoms with Crippen LogP contribution in [-0.2, 0) is 11.3 Å². The molecule has 1 fully saturated rings. The van der Waals surface area contributed by atoms with Crippen molar-refractivity contribution in [3.05, 3.63) is 60.3 Å². The zero-order valence-corrected chi connectivity index (χ0v) is 16.2. The molecule has 7 nitrogen and oxygen atoms in total. The monoisotopic (exact) mass is 390 g/mol. The number of anilines is 1. The molecule has 0 amide bonds. The van der Waals surface area contributed by atoms with Gasteiger partial charge in [-0.1, -0.05) is 35.0 Å². The van der Waals surface area contributed by atoms with E-state index in [1.54, 1.807) is 6.26 Å². The molecule has 0 N–H and O–H groups in total. The Morgan fingerprint density at radius 2 is 2.03 bits per heavy atom. The maximum absolute atomic E-state index is 5.89. The molecular formula is C22H22N4O3. The second kappa shape index (κ2) is 7.67. The minimum absolute atomic E-state index is 0.165. The number of fused-ring (bicyclic) bond motifs is 1. The molecule has 0 aliphatic carbocycles. The standard InChI is InChI=1S/C22H22N4O3/c1-15-6-8-16(9-7-15)20-19-21(23-14-24-22(19)29-25-20)26(12-17-4-2-10-27-17)13-18-5-3-11-28-18/h2,4,6-10,14,18H,3,5,11-13H2,1H3. The summed E-state index contributed by atoms with van der Waals surface area (Å²) in [5, 5.41) is 5.11. The van der Waals surface area contributed by atoms with E-state index in [1.807, 2.05) is 24.3 Å². The Bertz CT molecular complexity index is 1080. The minimum Gasteiger partial charge on any atom is -0.467 e. The predicted octanol–water partition coefficient (Wildman–Crippen LogP) is 4.37. The van der Waals surface area contributed by atoms with Crippen LogP contribution in [0.4, 0.5) is 5.82 Å². The molecule has 1 unspecified atom stereocenters. The van der Waals surface area contributed by atoms with Gasteiger partial charge in [0.15, 0.2) is 0 Å². The van der Waals surface area contributed by atoms with E-state index in [9.17, 15) is 0 Å². The number of hydrogen-bond acceptors (Lipinski definition) is 7. The molecule has 4 heterocycles. The smallest absolute Gasteiger partial charge is 0.263 e. The van der Waals surface area contributed by atoms with Crippen molar-refractivity contribution in [1.82, 2.24) is 15.1 Å². The van der Waals surface area contributed by atoms with Crippen LogP contribution in [0, 0.1) is 6.92 Å². The first-order valence-corrected chi connectivity index (χ1v) is 9.84. The largest absolute Gasteiger partial charge is 0.467 e. The van der Waals surface area contributed by atoms with Gasteiger partial charge in [-0.05, 0) is 31.9 Å². The van der Waals surface area contributed by atoms with E-state index in [0.717, 1.165) is 47.7 Å². The van der Waals surface area contributed by atoms with Gasteiger partial charge in [0.25, 0.3) is 5.71 Å². The van der Waals surface area contributed by atoms with Crippen LogP contribution >= 0.6 is 0 Å². The van der Waals surface area contributed by atoms with Crippen LogP contribution in [-0.4, -0.2) is 34.4 Å². The van der Waals surface area contributed by atoms with Crippen molar-refractivity contribution >= 4 is 16.9 Å². The van der Waals surface area contributed by atoms with Crippen molar-refractivity contribution in [1.29, 1.82) is 0 Å². The molecule has 1 aliphatic rings. The fourth-order valence-corrected chi connectivity index (χ4v) is 3.77. The molecule has 29 heavy (non-hydrogen) atoms. The molecular weight excluding hydrogens is 368 g/mol. The van der Waals surface area contributed by atoms with Gasteiger partial charge < -0.3 is 18.6 Å². The van der Waals surface area contributed by atoms with Gasteiger partial charge in [0.1, 0.15) is 29.0 Å². The molecule has 1 aromatic carbocycles. The molecule has 5 rings (SSSR count). The van der Waals surface area contributed by atoms with E-state index < -0.39 is 0 Å². The fourth-order valence-electron chi connectivity index (χ4n) is 3.77. The molecule has 1 atom stereocenters. The number of benzene rings is 1. The van der Waals surface area contributed by atoms with E-state index in [0.29, 0.717) is 18.8 Å². The van der Waals surface area contributed by atoms with Crippen molar-refractivity contribution in [2.45, 2.75) is 32.4 Å². The van der Waals surface area contributed by atoms with E-state index in [2.05, 4.69) is 39.1 Å². The third kappa shape index (κ3) is 3.61. The van der Waals surface area contributed by atoms with Crippen molar-refractivity contribution < 1.29 is 13.7 Å². The van der Waals surface area contributed by atoms with Crippen LogP contribution in [0.15, 0.2) is 57.9 Å². The van der Waals surface area contributed by atoms with Gasteiger partial charge in [-0.2, -0.15) is 4.98 Å². The van der Waals surface area contributed by atoms with Crippen LogP contribution in [0.3, 0.4) is 0 Å². The number of nitrogens with zero attached hydrogens (tertiary/aromatic N) is 4. The number of hydrogen-bond donors (Lipinski definition) is 0. The summed E-state index contributed by atoms with van der Waals surface area (Å²) < 4.78 is 17.0. The Hall–Kier alpha value is -3.19. The molecule has 0 bridgehead atoms. The Kier molecular flexibility index (Phi) is 4.73. The van der Waals surface area contributed by atoms with Crippen molar-refractivity contribution in [3.63, 3.8) is 0 Å². The van der Waals surface area contributed by atoms with E-state index in [4.69, 9.17) is 13.7 Å². The first-order chi connectivity index (χ1) is 14.3. The van der Waals surface area contributed by atoms with Crippen LogP contribution in [0.25, 0.3) is 22.4 Å². The summed E-state index contributed by atoms with van der Waals surface area (Å²) in [5.74, 6) is 1.64. The Morgan fingerprint density at radius 1 is 1.14 bits per heavy atom. The zero-order valence-electron chi connectivity index (χ0n) is 16.2. The van der Waals surface area contributed by atoms with Crippen LogP contribution in [0.1, 0.15) is 24.2 Å². The van der Waals surface area contributed by atoms with E-state index in [1.165, 1.54) is 11.9 Å². The highest BCUT2D eigenvalue weighted by Gasteiger charge is 2.25. The molecule has 7 heteroatoms. The predicted molar refractivity (Wildman–Crippen MR) is 109 cm³/mol. The SMILES string of the molecule is Cc1ccc(-c2noc3ncnc(N(Cc4ccco4)CC4CCCO4)c23)cc1. The lowest BCUT2D eigenvalue weighted by molar-refractivity contribution is 0.115. The van der Waals surface area contributed by atoms with Gasteiger partial charge in [-0.3, -0.25) is 0 Å². The number of rotatable bonds is 6. The van der Waals surface area contributed by atoms with Crippen molar-refractivity contribution in [2.75, 3.05) is 18.1 Å². The summed E-state index contributed by atoms with van der Waals surface area (Å²) >= 11 is 0. The fraction of sp³-hybridized carbons (Fsp3) is 0.318. The molecule has 148 valence electrons. The minimum atomic E-state index is 0.165. The number of aromatic nitrogens is 3. The lowest BCUT2D eigenvalue weighted by atomic mass is 10.1. The third-order valence-electron chi connectivity index (χ3n) is 5.25. The van der Waals surface area contributed by atoms with E-state index in [-0.39, 0.29) is 6.10 Å². The molecule has 3 aromatic heterocycles. The van der Waals surface area contributed by atoms with Crippen molar-refractivity contribution in [3.8, 4) is 11.3 Å². The first kappa shape index (κ1) is 17.9. The normalized spacial score (nSPS) is 16.5. The highest BCUT2D eigenvalue weighted by atomic mass is 16.5. The van der Waals surface area contributed by atoms with Crippen LogP contribution < -0.4 is 4.90 Å². The highest BCUT2D eigenvalue weighted by molar-refractivity contribution is 5.97. The number of aryl methyl sites for hydroxylation is 1. The lowest BCUT2D eigenvalue weighted by Gasteiger charge is -2.26. The quantitative estimate of drug-likeness (QED) is 0.484. The Balaban J connectivity index is 1.59. The number of furan rings is 1. The van der Waals surface area contributed by atoms with Gasteiger partial charge in [-0.25, -0.2) is 4.98 Å². The summed E-state index contributed by atoms with van der Waals surface area (Å²) in [5.41, 5.74) is 3.38. The van der Waals surface area contributed by atoms with E-state index >= 15 is 0 Å². The third-order valence-corrected chi connectivity index (χ3v) is 5.25. The molecule has 0 saturated carbocycles.